The van der Waals surface area contributed by atoms with Crippen LogP contribution in [0.4, 0.5) is 0 Å². The van der Waals surface area contributed by atoms with E-state index in [0.29, 0.717) is 22.1 Å². The molecule has 0 bridgehead atoms. The fourth-order valence-electron chi connectivity index (χ4n) is 8.12. The normalized spacial score (nSPS) is 12.0. The van der Waals surface area contributed by atoms with Gasteiger partial charge in [0.05, 0.1) is 33.0 Å². The van der Waals surface area contributed by atoms with E-state index in [1.165, 1.54) is 15.3 Å². The van der Waals surface area contributed by atoms with Crippen molar-refractivity contribution in [1.29, 1.82) is 0 Å². The largest absolute Gasteiger partial charge is 0.283 e. The zero-order valence-electron chi connectivity index (χ0n) is 27.6. The standard InChI is InChI=1S/C46H26N4O2/c51-45-37-25-24-27-10-1-4-13-33(27)43(37)49-40-19-9-17-32(41(40)46(52)50(45)49)28-20-22-29(23-21-28)44-47-39-18-8-7-16-36(39)42(48-44)38-26-30-11-2-3-12-31(30)34-14-5-6-15-35(34)38/h1-26H. The zero-order chi connectivity index (χ0) is 34.5. The molecular weight excluding hydrogens is 641 g/mol. The van der Waals surface area contributed by atoms with E-state index in [4.69, 9.17) is 9.97 Å². The monoisotopic (exact) mass is 666 g/mol. The summed E-state index contributed by atoms with van der Waals surface area (Å²) in [5.74, 6) is 0.618. The number of nitrogens with zero attached hydrogens (tertiary/aromatic N) is 4. The molecule has 6 heteroatoms. The molecule has 242 valence electrons. The van der Waals surface area contributed by atoms with Gasteiger partial charge in [-0.15, -0.1) is 0 Å². The maximum absolute atomic E-state index is 14.1. The molecule has 11 aromatic rings. The minimum atomic E-state index is -0.329. The molecule has 52 heavy (non-hydrogen) atoms. The van der Waals surface area contributed by atoms with Gasteiger partial charge in [-0.05, 0) is 62.3 Å². The van der Waals surface area contributed by atoms with Crippen molar-refractivity contribution in [3.8, 4) is 33.8 Å². The molecule has 3 aromatic heterocycles. The van der Waals surface area contributed by atoms with E-state index in [0.717, 1.165) is 65.9 Å². The summed E-state index contributed by atoms with van der Waals surface area (Å²) in [6, 6.07) is 52.9. The van der Waals surface area contributed by atoms with Gasteiger partial charge >= 0.3 is 0 Å². The van der Waals surface area contributed by atoms with Crippen LogP contribution in [0.3, 0.4) is 0 Å². The fourth-order valence-corrected chi connectivity index (χ4v) is 8.12. The second-order valence-corrected chi connectivity index (χ2v) is 13.3. The van der Waals surface area contributed by atoms with Gasteiger partial charge < -0.3 is 0 Å². The van der Waals surface area contributed by atoms with E-state index in [2.05, 4.69) is 60.7 Å². The van der Waals surface area contributed by atoms with Crippen molar-refractivity contribution in [2.75, 3.05) is 0 Å². The Morgan fingerprint density at radius 3 is 1.92 bits per heavy atom. The lowest BCUT2D eigenvalue weighted by atomic mass is 9.94. The predicted octanol–water partition coefficient (Wildman–Crippen LogP) is 9.91. The first-order valence-corrected chi connectivity index (χ1v) is 17.3. The van der Waals surface area contributed by atoms with Gasteiger partial charge in [-0.1, -0.05) is 133 Å². The average molecular weight is 667 g/mol. The fraction of sp³-hybridized carbons (Fsp3) is 0. The molecular formula is C46H26N4O2. The van der Waals surface area contributed by atoms with Crippen LogP contribution in [-0.4, -0.2) is 19.0 Å². The first-order valence-electron chi connectivity index (χ1n) is 17.3. The Bertz CT molecular complexity index is 3400. The molecule has 6 nitrogen and oxygen atoms in total. The maximum Gasteiger partial charge on any atom is 0.283 e. The molecule has 0 aliphatic rings. The zero-order valence-corrected chi connectivity index (χ0v) is 27.6. The number of hydrogen-bond donors (Lipinski definition) is 0. The van der Waals surface area contributed by atoms with Crippen molar-refractivity contribution >= 4 is 65.0 Å². The highest BCUT2D eigenvalue weighted by molar-refractivity contribution is 6.15. The molecule has 0 N–H and O–H groups in total. The van der Waals surface area contributed by atoms with Gasteiger partial charge in [0, 0.05) is 21.9 Å². The third kappa shape index (κ3) is 3.94. The maximum atomic E-state index is 14.1. The summed E-state index contributed by atoms with van der Waals surface area (Å²) in [6.45, 7) is 0. The van der Waals surface area contributed by atoms with Crippen LogP contribution >= 0.6 is 0 Å². The molecule has 0 saturated carbocycles. The number of fused-ring (bicyclic) bond motifs is 11. The first-order chi connectivity index (χ1) is 25.6. The Kier molecular flexibility index (Phi) is 5.87. The highest BCUT2D eigenvalue weighted by Gasteiger charge is 2.22. The Balaban J connectivity index is 1.09. The summed E-state index contributed by atoms with van der Waals surface area (Å²) in [6.07, 6.45) is 0. The minimum Gasteiger partial charge on any atom is -0.267 e. The van der Waals surface area contributed by atoms with E-state index in [-0.39, 0.29) is 11.1 Å². The second-order valence-electron chi connectivity index (χ2n) is 13.3. The predicted molar refractivity (Wildman–Crippen MR) is 212 cm³/mol. The van der Waals surface area contributed by atoms with Gasteiger partial charge in [0.25, 0.3) is 11.1 Å². The van der Waals surface area contributed by atoms with E-state index in [1.807, 2.05) is 97.1 Å². The highest BCUT2D eigenvalue weighted by Crippen LogP contribution is 2.38. The Labute approximate surface area is 295 Å². The quantitative estimate of drug-likeness (QED) is 0.176. The Morgan fingerprint density at radius 2 is 1.10 bits per heavy atom. The number of hydrogen-bond acceptors (Lipinski definition) is 4. The lowest BCUT2D eigenvalue weighted by Crippen LogP contribution is -2.21. The average Bonchev–Trinajstić information content (AvgIpc) is 3.68. The van der Waals surface area contributed by atoms with Crippen molar-refractivity contribution in [2.45, 2.75) is 0 Å². The van der Waals surface area contributed by atoms with Crippen LogP contribution in [0.25, 0.3) is 98.8 Å². The molecule has 8 aromatic carbocycles. The van der Waals surface area contributed by atoms with Crippen molar-refractivity contribution in [3.05, 3.63) is 178 Å². The third-order valence-electron chi connectivity index (χ3n) is 10.5. The number of aromatic nitrogens is 4. The highest BCUT2D eigenvalue weighted by atomic mass is 16.2. The van der Waals surface area contributed by atoms with E-state index < -0.39 is 0 Å². The Hall–Kier alpha value is -7.18. The smallest absolute Gasteiger partial charge is 0.267 e. The van der Waals surface area contributed by atoms with Crippen LogP contribution in [0.2, 0.25) is 0 Å². The van der Waals surface area contributed by atoms with E-state index in [1.54, 1.807) is 4.52 Å². The second kappa shape index (κ2) is 10.7. The summed E-state index contributed by atoms with van der Waals surface area (Å²) >= 11 is 0. The summed E-state index contributed by atoms with van der Waals surface area (Å²) < 4.78 is 3.07. The summed E-state index contributed by atoms with van der Waals surface area (Å²) in [7, 11) is 0. The topological polar surface area (TPSA) is 68.7 Å². The lowest BCUT2D eigenvalue weighted by molar-refractivity contribution is 0.843. The number of rotatable bonds is 3. The van der Waals surface area contributed by atoms with Crippen molar-refractivity contribution in [3.63, 3.8) is 0 Å². The summed E-state index contributed by atoms with van der Waals surface area (Å²) in [4.78, 5) is 38.0. The van der Waals surface area contributed by atoms with Crippen LogP contribution in [-0.2, 0) is 0 Å². The molecule has 0 radical (unpaired) electrons. The molecule has 0 unspecified atom stereocenters. The molecule has 0 fully saturated rings. The summed E-state index contributed by atoms with van der Waals surface area (Å²) in [5, 5.41) is 8.65. The Morgan fingerprint density at radius 1 is 0.423 bits per heavy atom. The SMILES string of the molecule is O=c1c2ccc3ccccc3c2n2c3cccc(-c4ccc(-c5nc(-c6cc7ccccc7c7ccccc67)c6ccccc6n5)cc4)c3c(=O)n12. The molecule has 0 aliphatic carbocycles. The molecule has 3 heterocycles. The van der Waals surface area contributed by atoms with Gasteiger partial charge in [0.2, 0.25) is 0 Å². The van der Waals surface area contributed by atoms with E-state index >= 15 is 0 Å². The van der Waals surface area contributed by atoms with E-state index in [9.17, 15) is 9.59 Å². The van der Waals surface area contributed by atoms with Crippen LogP contribution in [0, 0.1) is 0 Å². The number of benzene rings is 8. The van der Waals surface area contributed by atoms with Crippen LogP contribution in [0.5, 0.6) is 0 Å². The first kappa shape index (κ1) is 28.6. The van der Waals surface area contributed by atoms with Gasteiger partial charge in [-0.3, -0.25) is 9.59 Å². The van der Waals surface area contributed by atoms with Crippen LogP contribution in [0.15, 0.2) is 167 Å². The summed E-state index contributed by atoms with van der Waals surface area (Å²) in [5.41, 5.74) is 6.09. The molecule has 11 rings (SSSR count). The van der Waals surface area contributed by atoms with Crippen molar-refractivity contribution < 1.29 is 0 Å². The van der Waals surface area contributed by atoms with Crippen molar-refractivity contribution in [2.24, 2.45) is 0 Å². The van der Waals surface area contributed by atoms with Gasteiger partial charge in [0.1, 0.15) is 0 Å². The van der Waals surface area contributed by atoms with Crippen molar-refractivity contribution in [1.82, 2.24) is 19.0 Å². The molecule has 0 saturated heterocycles. The van der Waals surface area contributed by atoms with Gasteiger partial charge in [-0.25, -0.2) is 14.5 Å². The van der Waals surface area contributed by atoms with Crippen LogP contribution in [0.1, 0.15) is 0 Å². The lowest BCUT2D eigenvalue weighted by Gasteiger charge is -2.14. The van der Waals surface area contributed by atoms with Crippen LogP contribution < -0.4 is 11.1 Å². The molecule has 0 spiro atoms. The third-order valence-corrected chi connectivity index (χ3v) is 10.5. The molecule has 0 atom stereocenters. The van der Waals surface area contributed by atoms with Gasteiger partial charge in [0.15, 0.2) is 5.82 Å². The molecule has 0 amide bonds. The minimum absolute atomic E-state index is 0.313. The number of para-hydroxylation sites is 1. The molecule has 0 aliphatic heterocycles. The van der Waals surface area contributed by atoms with Gasteiger partial charge in [-0.2, -0.15) is 4.52 Å².